The van der Waals surface area contributed by atoms with Gasteiger partial charge in [0.1, 0.15) is 13.2 Å². The van der Waals surface area contributed by atoms with E-state index in [4.69, 9.17) is 14.2 Å². The molecular formula is C47H84O6. The molecule has 53 heavy (non-hydrogen) atoms. The van der Waals surface area contributed by atoms with Crippen molar-refractivity contribution < 1.29 is 28.6 Å². The molecular weight excluding hydrogens is 661 g/mol. The molecule has 0 fully saturated rings. The lowest BCUT2D eigenvalue weighted by atomic mass is 10.0. The monoisotopic (exact) mass is 745 g/mol. The minimum absolute atomic E-state index is 0.0890. The molecule has 1 unspecified atom stereocenters. The second kappa shape index (κ2) is 42.4. The fourth-order valence-corrected chi connectivity index (χ4v) is 6.29. The normalized spacial score (nSPS) is 12.3. The van der Waals surface area contributed by atoms with Crippen LogP contribution in [0, 0.1) is 0 Å². The third-order valence-corrected chi connectivity index (χ3v) is 9.66. The Hall–Kier alpha value is -2.37. The van der Waals surface area contributed by atoms with Gasteiger partial charge in [-0.15, -0.1) is 0 Å². The first kappa shape index (κ1) is 50.6. The number of rotatable bonds is 40. The first-order chi connectivity index (χ1) is 26.0. The highest BCUT2D eigenvalue weighted by molar-refractivity contribution is 5.71. The van der Waals surface area contributed by atoms with E-state index in [0.717, 1.165) is 64.2 Å². The van der Waals surface area contributed by atoms with E-state index in [1.165, 1.54) is 116 Å². The lowest BCUT2D eigenvalue weighted by Gasteiger charge is -2.18. The Kier molecular flexibility index (Phi) is 40.5. The van der Waals surface area contributed by atoms with E-state index in [-0.39, 0.29) is 37.5 Å². The topological polar surface area (TPSA) is 78.9 Å². The molecule has 0 radical (unpaired) electrons. The molecule has 0 N–H and O–H groups in total. The second-order valence-corrected chi connectivity index (χ2v) is 14.9. The van der Waals surface area contributed by atoms with E-state index in [2.05, 4.69) is 57.2 Å². The Bertz CT molecular complexity index is 907. The standard InChI is InChI=1S/C47H84O6/c1-4-7-10-13-16-19-21-22-23-24-26-28-31-34-37-40-46(49)52-43-44(42-51-45(48)39-36-33-30-27-18-15-12-9-6-3)53-47(50)41-38-35-32-29-25-20-17-14-11-8-5-2/h8,11,17,20,29,32,44H,4-7,9-10,12-16,18-19,21-28,30-31,33-43H2,1-3H3/b11-8-,20-17-,32-29-. The van der Waals surface area contributed by atoms with Crippen LogP contribution in [0.15, 0.2) is 36.5 Å². The number of hydrogen-bond donors (Lipinski definition) is 0. The largest absolute Gasteiger partial charge is 0.462 e. The average molecular weight is 745 g/mol. The van der Waals surface area contributed by atoms with Crippen LogP contribution in [-0.2, 0) is 28.6 Å². The van der Waals surface area contributed by atoms with Crippen molar-refractivity contribution in [2.75, 3.05) is 13.2 Å². The highest BCUT2D eigenvalue weighted by Gasteiger charge is 2.19. The number of carbonyl (C=O) groups is 3. The highest BCUT2D eigenvalue weighted by atomic mass is 16.6. The number of allylic oxidation sites excluding steroid dienone is 6. The molecule has 6 nitrogen and oxygen atoms in total. The van der Waals surface area contributed by atoms with Gasteiger partial charge < -0.3 is 14.2 Å². The number of ether oxygens (including phenoxy) is 3. The van der Waals surface area contributed by atoms with Crippen molar-refractivity contribution in [1.82, 2.24) is 0 Å². The first-order valence-corrected chi connectivity index (χ1v) is 22.5. The fourth-order valence-electron chi connectivity index (χ4n) is 6.29. The fraction of sp³-hybridized carbons (Fsp3) is 0.809. The molecule has 0 bridgehead atoms. The molecule has 1 atom stereocenters. The molecule has 0 aromatic heterocycles. The summed E-state index contributed by atoms with van der Waals surface area (Å²) in [4.78, 5) is 37.6. The average Bonchev–Trinajstić information content (AvgIpc) is 3.15. The second-order valence-electron chi connectivity index (χ2n) is 14.9. The minimum Gasteiger partial charge on any atom is -0.462 e. The van der Waals surface area contributed by atoms with E-state index in [0.29, 0.717) is 19.3 Å². The van der Waals surface area contributed by atoms with E-state index in [1.54, 1.807) is 0 Å². The molecule has 0 aliphatic carbocycles. The van der Waals surface area contributed by atoms with E-state index in [1.807, 2.05) is 0 Å². The molecule has 308 valence electrons. The van der Waals surface area contributed by atoms with Crippen molar-refractivity contribution in [3.05, 3.63) is 36.5 Å². The van der Waals surface area contributed by atoms with E-state index in [9.17, 15) is 14.4 Å². The molecule has 0 amide bonds. The lowest BCUT2D eigenvalue weighted by Crippen LogP contribution is -2.30. The van der Waals surface area contributed by atoms with Gasteiger partial charge in [0.15, 0.2) is 6.10 Å². The van der Waals surface area contributed by atoms with Gasteiger partial charge in [-0.25, -0.2) is 0 Å². The van der Waals surface area contributed by atoms with Crippen LogP contribution in [-0.4, -0.2) is 37.2 Å². The predicted octanol–water partition coefficient (Wildman–Crippen LogP) is 14.2. The Labute approximate surface area is 327 Å². The first-order valence-electron chi connectivity index (χ1n) is 22.5. The predicted molar refractivity (Wildman–Crippen MR) is 224 cm³/mol. The maximum atomic E-state index is 12.6. The van der Waals surface area contributed by atoms with E-state index >= 15 is 0 Å². The summed E-state index contributed by atoms with van der Waals surface area (Å²) in [5, 5.41) is 0. The molecule has 0 aromatic rings. The summed E-state index contributed by atoms with van der Waals surface area (Å²) in [5.41, 5.74) is 0. The van der Waals surface area contributed by atoms with Gasteiger partial charge in [-0.1, -0.05) is 198 Å². The quantitative estimate of drug-likeness (QED) is 0.0269. The lowest BCUT2D eigenvalue weighted by molar-refractivity contribution is -0.167. The Balaban J connectivity index is 4.36. The van der Waals surface area contributed by atoms with Gasteiger partial charge in [0.05, 0.1) is 0 Å². The highest BCUT2D eigenvalue weighted by Crippen LogP contribution is 2.15. The smallest absolute Gasteiger partial charge is 0.306 e. The number of hydrogen-bond acceptors (Lipinski definition) is 6. The van der Waals surface area contributed by atoms with Crippen molar-refractivity contribution in [3.8, 4) is 0 Å². The molecule has 0 rings (SSSR count). The Morgan fingerprint density at radius 3 is 1.13 bits per heavy atom. The third kappa shape index (κ3) is 40.6. The summed E-state index contributed by atoms with van der Waals surface area (Å²) in [6.07, 6.45) is 47.1. The SMILES string of the molecule is CC/C=C\C/C=C\C/C=C\CCCC(=O)OC(COC(=O)CCCCCCCCCCC)COC(=O)CCCCCCCCCCCCCCCCC. The maximum Gasteiger partial charge on any atom is 0.306 e. The van der Waals surface area contributed by atoms with Crippen molar-refractivity contribution in [2.24, 2.45) is 0 Å². The van der Waals surface area contributed by atoms with Gasteiger partial charge in [0.25, 0.3) is 0 Å². The molecule has 0 saturated carbocycles. The number of esters is 3. The maximum absolute atomic E-state index is 12.6. The zero-order valence-electron chi connectivity index (χ0n) is 35.0. The molecule has 0 saturated heterocycles. The molecule has 6 heteroatoms. The van der Waals surface area contributed by atoms with Gasteiger partial charge >= 0.3 is 17.9 Å². The summed E-state index contributed by atoms with van der Waals surface area (Å²) >= 11 is 0. The number of carbonyl (C=O) groups excluding carboxylic acids is 3. The zero-order chi connectivity index (χ0) is 38.7. The van der Waals surface area contributed by atoms with Crippen LogP contribution in [0.2, 0.25) is 0 Å². The molecule has 0 aliphatic heterocycles. The Morgan fingerprint density at radius 1 is 0.396 bits per heavy atom. The summed E-state index contributed by atoms with van der Waals surface area (Å²) in [6.45, 7) is 6.45. The van der Waals surface area contributed by atoms with Gasteiger partial charge in [-0.3, -0.25) is 14.4 Å². The van der Waals surface area contributed by atoms with Gasteiger partial charge in [0.2, 0.25) is 0 Å². The van der Waals surface area contributed by atoms with Crippen molar-refractivity contribution in [3.63, 3.8) is 0 Å². The van der Waals surface area contributed by atoms with Crippen LogP contribution in [0.3, 0.4) is 0 Å². The summed E-state index contributed by atoms with van der Waals surface area (Å²) in [5.74, 6) is -0.944. The molecule has 0 heterocycles. The minimum atomic E-state index is -0.790. The zero-order valence-corrected chi connectivity index (χ0v) is 35.0. The third-order valence-electron chi connectivity index (χ3n) is 9.66. The van der Waals surface area contributed by atoms with E-state index < -0.39 is 6.10 Å². The van der Waals surface area contributed by atoms with Crippen LogP contribution >= 0.6 is 0 Å². The van der Waals surface area contributed by atoms with Gasteiger partial charge in [0, 0.05) is 19.3 Å². The molecule has 0 aromatic carbocycles. The van der Waals surface area contributed by atoms with Gasteiger partial charge in [-0.2, -0.15) is 0 Å². The molecule has 0 aliphatic rings. The summed E-state index contributed by atoms with van der Waals surface area (Å²) in [7, 11) is 0. The van der Waals surface area contributed by atoms with Crippen LogP contribution in [0.25, 0.3) is 0 Å². The Morgan fingerprint density at radius 2 is 0.736 bits per heavy atom. The summed E-state index contributed by atoms with van der Waals surface area (Å²) in [6, 6.07) is 0. The van der Waals surface area contributed by atoms with Crippen molar-refractivity contribution >= 4 is 17.9 Å². The van der Waals surface area contributed by atoms with Crippen molar-refractivity contribution in [1.29, 1.82) is 0 Å². The van der Waals surface area contributed by atoms with Gasteiger partial charge in [-0.05, 0) is 44.9 Å². The van der Waals surface area contributed by atoms with Crippen LogP contribution in [0.1, 0.15) is 226 Å². The van der Waals surface area contributed by atoms with Crippen LogP contribution in [0.5, 0.6) is 0 Å². The molecule has 0 spiro atoms. The van der Waals surface area contributed by atoms with Crippen molar-refractivity contribution in [2.45, 2.75) is 232 Å². The van der Waals surface area contributed by atoms with Crippen LogP contribution in [0.4, 0.5) is 0 Å². The number of unbranched alkanes of at least 4 members (excludes halogenated alkanes) is 23. The summed E-state index contributed by atoms with van der Waals surface area (Å²) < 4.78 is 16.6. The van der Waals surface area contributed by atoms with Crippen LogP contribution < -0.4 is 0 Å².